The van der Waals surface area contributed by atoms with Gasteiger partial charge in [0.2, 0.25) is 0 Å². The van der Waals surface area contributed by atoms with Crippen LogP contribution in [-0.2, 0) is 9.53 Å². The van der Waals surface area contributed by atoms with Gasteiger partial charge in [-0.05, 0) is 26.2 Å². The summed E-state index contributed by atoms with van der Waals surface area (Å²) in [5.41, 5.74) is -0.278. The maximum absolute atomic E-state index is 11.2. The number of rotatable bonds is 6. The van der Waals surface area contributed by atoms with Gasteiger partial charge in [0.25, 0.3) is 0 Å². The highest BCUT2D eigenvalue weighted by atomic mass is 33.1. The number of ether oxygens (including phenoxy) is 1. The van der Waals surface area contributed by atoms with Crippen LogP contribution in [0.1, 0.15) is 39.0 Å². The molecule has 0 bridgehead atoms. The van der Waals surface area contributed by atoms with Crippen molar-refractivity contribution in [1.82, 2.24) is 0 Å². The molecule has 0 N–H and O–H groups in total. The average molecular weight is 266 g/mol. The van der Waals surface area contributed by atoms with Gasteiger partial charge in [-0.2, -0.15) is 0 Å². The quantitative estimate of drug-likeness (QED) is 0.262. The second-order valence-electron chi connectivity index (χ2n) is 3.66. The lowest BCUT2D eigenvalue weighted by Gasteiger charge is -2.08. The summed E-state index contributed by atoms with van der Waals surface area (Å²) in [7, 11) is 3.97. The molecule has 0 radical (unpaired) electrons. The molecule has 2 unspecified atom stereocenters. The van der Waals surface area contributed by atoms with Crippen molar-refractivity contribution >= 4 is 40.2 Å². The third-order valence-electron chi connectivity index (χ3n) is 2.19. The molecule has 1 rings (SSSR count). The zero-order chi connectivity index (χ0) is 11.1. The van der Waals surface area contributed by atoms with Crippen molar-refractivity contribution in [2.75, 3.05) is 5.75 Å². The molecule has 0 aromatic carbocycles. The van der Waals surface area contributed by atoms with Gasteiger partial charge in [0.05, 0.1) is 0 Å². The van der Waals surface area contributed by atoms with E-state index in [0.717, 1.165) is 18.1 Å². The first-order valence-electron chi connectivity index (χ1n) is 5.34. The van der Waals surface area contributed by atoms with E-state index in [9.17, 15) is 4.79 Å². The van der Waals surface area contributed by atoms with Crippen LogP contribution in [0.15, 0.2) is 0 Å². The van der Waals surface area contributed by atoms with E-state index >= 15 is 0 Å². The van der Waals surface area contributed by atoms with Crippen molar-refractivity contribution in [3.63, 3.8) is 0 Å². The van der Waals surface area contributed by atoms with Crippen LogP contribution in [0.5, 0.6) is 0 Å². The maximum Gasteiger partial charge on any atom is 0.306 e. The van der Waals surface area contributed by atoms with Crippen molar-refractivity contribution in [2.24, 2.45) is 0 Å². The van der Waals surface area contributed by atoms with Crippen molar-refractivity contribution < 1.29 is 9.53 Å². The molecule has 2 nitrogen and oxygen atoms in total. The summed E-state index contributed by atoms with van der Waals surface area (Å²) in [4.78, 5) is 11.2. The molecule has 1 aliphatic heterocycles. The summed E-state index contributed by atoms with van der Waals surface area (Å²) < 4.78 is 4.94. The van der Waals surface area contributed by atoms with Gasteiger partial charge in [-0.1, -0.05) is 28.0 Å². The molecule has 0 aliphatic carbocycles. The zero-order valence-electron chi connectivity index (χ0n) is 8.98. The topological polar surface area (TPSA) is 26.3 Å². The lowest BCUT2D eigenvalue weighted by molar-refractivity contribution is -0.144. The van der Waals surface area contributed by atoms with E-state index in [1.807, 2.05) is 21.6 Å². The molecule has 2 atom stereocenters. The predicted molar refractivity (Wildman–Crippen MR) is 71.5 cm³/mol. The van der Waals surface area contributed by atoms with Gasteiger partial charge in [-0.25, -0.2) is 0 Å². The average Bonchev–Trinajstić information content (AvgIpc) is 2.63. The molecule has 0 amide bonds. The number of unbranched alkanes of at least 4 members (excludes halogenated alkanes) is 1. The van der Waals surface area contributed by atoms with Gasteiger partial charge in [0, 0.05) is 17.4 Å². The number of hydrogen-bond donors (Lipinski definition) is 1. The van der Waals surface area contributed by atoms with Gasteiger partial charge in [-0.15, -0.1) is 12.6 Å². The Bertz CT molecular complexity index is 191. The Morgan fingerprint density at radius 1 is 1.60 bits per heavy atom. The molecule has 1 aliphatic rings. The molecular formula is C10H18O2S3. The number of hydrogen-bond acceptors (Lipinski definition) is 5. The Kier molecular flexibility index (Phi) is 7.01. The zero-order valence-corrected chi connectivity index (χ0v) is 11.5. The molecule has 1 heterocycles. The first-order valence-corrected chi connectivity index (χ1v) is 8.24. The second kappa shape index (κ2) is 7.74. The molecule has 0 spiro atoms. The molecule has 88 valence electrons. The van der Waals surface area contributed by atoms with Crippen LogP contribution in [0.3, 0.4) is 0 Å². The van der Waals surface area contributed by atoms with Gasteiger partial charge < -0.3 is 4.74 Å². The molecule has 0 aromatic heterocycles. The number of carbonyl (C=O) groups is 1. The summed E-state index contributed by atoms with van der Waals surface area (Å²) in [5.74, 6) is 1.17. The molecule has 5 heteroatoms. The van der Waals surface area contributed by atoms with Crippen LogP contribution < -0.4 is 0 Å². The minimum absolute atomic E-state index is 0.119. The minimum Gasteiger partial charge on any atom is -0.452 e. The largest absolute Gasteiger partial charge is 0.452 e. The van der Waals surface area contributed by atoms with E-state index in [0.29, 0.717) is 6.42 Å². The molecule has 0 saturated carbocycles. The highest BCUT2D eigenvalue weighted by Crippen LogP contribution is 2.39. The molecule has 1 fully saturated rings. The van der Waals surface area contributed by atoms with E-state index in [4.69, 9.17) is 4.74 Å². The van der Waals surface area contributed by atoms with Crippen molar-refractivity contribution in [3.8, 4) is 0 Å². The summed E-state index contributed by atoms with van der Waals surface area (Å²) in [5, 5.41) is 0.815. The van der Waals surface area contributed by atoms with Crippen molar-refractivity contribution in [1.29, 1.82) is 0 Å². The highest BCUT2D eigenvalue weighted by Gasteiger charge is 2.16. The van der Waals surface area contributed by atoms with Crippen LogP contribution in [0, 0.1) is 0 Å². The minimum atomic E-state index is -0.278. The fourth-order valence-corrected chi connectivity index (χ4v) is 4.60. The normalized spacial score (nSPS) is 22.7. The Morgan fingerprint density at radius 2 is 2.40 bits per heavy atom. The molecular weight excluding hydrogens is 248 g/mol. The monoisotopic (exact) mass is 266 g/mol. The van der Waals surface area contributed by atoms with Crippen molar-refractivity contribution in [3.05, 3.63) is 0 Å². The standard InChI is InChI=1S/C10H18O2S3/c1-8(13)12-10(11)5-3-2-4-9-6-7-14-15-9/h8-9,13H,2-7H2,1H3. The van der Waals surface area contributed by atoms with Gasteiger partial charge >= 0.3 is 5.97 Å². The Labute approximate surface area is 105 Å². The molecule has 15 heavy (non-hydrogen) atoms. The third kappa shape index (κ3) is 6.64. The van der Waals surface area contributed by atoms with Crippen LogP contribution in [0.2, 0.25) is 0 Å². The van der Waals surface area contributed by atoms with Crippen LogP contribution in [0.25, 0.3) is 0 Å². The second-order valence-corrected chi connectivity index (χ2v) is 7.18. The number of esters is 1. The van der Waals surface area contributed by atoms with E-state index in [1.54, 1.807) is 6.92 Å². The summed E-state index contributed by atoms with van der Waals surface area (Å²) in [6, 6.07) is 0. The first kappa shape index (κ1) is 13.6. The lowest BCUT2D eigenvalue weighted by atomic mass is 10.1. The van der Waals surface area contributed by atoms with E-state index < -0.39 is 0 Å². The van der Waals surface area contributed by atoms with Crippen LogP contribution >= 0.6 is 34.2 Å². The molecule has 1 saturated heterocycles. The fourth-order valence-electron chi connectivity index (χ4n) is 1.45. The van der Waals surface area contributed by atoms with E-state index in [1.165, 1.54) is 18.6 Å². The summed E-state index contributed by atoms with van der Waals surface area (Å²) in [6.45, 7) is 1.76. The fraction of sp³-hybridized carbons (Fsp3) is 0.900. The Hall–Kier alpha value is 0.520. The lowest BCUT2D eigenvalue weighted by Crippen LogP contribution is -2.09. The van der Waals surface area contributed by atoms with Gasteiger partial charge in [0.1, 0.15) is 5.44 Å². The van der Waals surface area contributed by atoms with Crippen LogP contribution in [-0.4, -0.2) is 22.4 Å². The van der Waals surface area contributed by atoms with E-state index in [-0.39, 0.29) is 11.4 Å². The Morgan fingerprint density at radius 3 is 3.00 bits per heavy atom. The third-order valence-corrected chi connectivity index (χ3v) is 5.30. The molecule has 0 aromatic rings. The van der Waals surface area contributed by atoms with Crippen molar-refractivity contribution in [2.45, 2.75) is 49.7 Å². The SMILES string of the molecule is CC(S)OC(=O)CCCCC1CCSS1. The highest BCUT2D eigenvalue weighted by molar-refractivity contribution is 8.77. The summed E-state index contributed by atoms with van der Waals surface area (Å²) >= 11 is 4.00. The smallest absolute Gasteiger partial charge is 0.306 e. The number of carbonyl (C=O) groups excluding carboxylic acids is 1. The van der Waals surface area contributed by atoms with Crippen LogP contribution in [0.4, 0.5) is 0 Å². The predicted octanol–water partition coefficient (Wildman–Crippen LogP) is 3.52. The Balaban J connectivity index is 1.94. The first-order chi connectivity index (χ1) is 7.18. The van der Waals surface area contributed by atoms with E-state index in [2.05, 4.69) is 12.6 Å². The van der Waals surface area contributed by atoms with Gasteiger partial charge in [-0.3, -0.25) is 4.79 Å². The number of thiol groups is 1. The van der Waals surface area contributed by atoms with Gasteiger partial charge in [0.15, 0.2) is 0 Å². The summed E-state index contributed by atoms with van der Waals surface area (Å²) in [6.07, 6.45) is 5.18. The maximum atomic E-state index is 11.2.